The predicted molar refractivity (Wildman–Crippen MR) is 50.9 cm³/mol. The molecule has 2 nitrogen and oxygen atoms in total. The van der Waals surface area contributed by atoms with Crippen LogP contribution >= 0.6 is 0 Å². The summed E-state index contributed by atoms with van der Waals surface area (Å²) >= 11 is 0. The van der Waals surface area contributed by atoms with Crippen molar-refractivity contribution in [3.05, 3.63) is 24.3 Å². The van der Waals surface area contributed by atoms with Crippen molar-refractivity contribution in [2.24, 2.45) is 0 Å². The van der Waals surface area contributed by atoms with E-state index in [0.29, 0.717) is 6.42 Å². The smallest absolute Gasteiger partial charge is 0.0773 e. The van der Waals surface area contributed by atoms with Crippen LogP contribution in [0.5, 0.6) is 0 Å². The molecule has 0 amide bonds. The molecule has 12 heavy (non-hydrogen) atoms. The largest absolute Gasteiger partial charge is 0.394 e. The molecule has 0 aromatic heterocycles. The number of hydrogen-bond donors (Lipinski definition) is 2. The minimum absolute atomic E-state index is 0.136. The minimum atomic E-state index is -0.559. The first kappa shape index (κ1) is 11.4. The van der Waals surface area contributed by atoms with Crippen molar-refractivity contribution in [2.45, 2.75) is 32.3 Å². The number of allylic oxidation sites excluding steroid dienone is 4. The lowest BCUT2D eigenvalue weighted by Gasteiger charge is -2.02. The molecule has 0 aliphatic rings. The first-order valence-corrected chi connectivity index (χ1v) is 4.36. The number of aliphatic hydroxyl groups excluding tert-OH is 2. The molecule has 70 valence electrons. The van der Waals surface area contributed by atoms with Crippen LogP contribution in [0.4, 0.5) is 0 Å². The van der Waals surface area contributed by atoms with Crippen LogP contribution < -0.4 is 0 Å². The van der Waals surface area contributed by atoms with E-state index < -0.39 is 6.10 Å². The van der Waals surface area contributed by atoms with E-state index in [1.54, 1.807) is 0 Å². The quantitative estimate of drug-likeness (QED) is 0.595. The molecule has 2 N–H and O–H groups in total. The molecule has 0 rings (SSSR count). The van der Waals surface area contributed by atoms with Crippen LogP contribution in [-0.4, -0.2) is 22.9 Å². The number of rotatable bonds is 6. The van der Waals surface area contributed by atoms with E-state index in [-0.39, 0.29) is 6.61 Å². The molecular weight excluding hydrogens is 152 g/mol. The molecule has 0 aromatic rings. The SMILES string of the molecule is CC=CCC=CCCC(O)CO. The molecule has 0 radical (unpaired) electrons. The second kappa shape index (κ2) is 8.50. The maximum Gasteiger partial charge on any atom is 0.0773 e. The van der Waals surface area contributed by atoms with Gasteiger partial charge in [-0.05, 0) is 26.2 Å². The Morgan fingerprint density at radius 1 is 1.25 bits per heavy atom. The molecule has 0 aliphatic heterocycles. The predicted octanol–water partition coefficient (Wildman–Crippen LogP) is 1.64. The topological polar surface area (TPSA) is 40.5 Å². The minimum Gasteiger partial charge on any atom is -0.394 e. The maximum absolute atomic E-state index is 8.96. The van der Waals surface area contributed by atoms with Gasteiger partial charge in [-0.25, -0.2) is 0 Å². The first-order chi connectivity index (χ1) is 5.81. The second-order valence-electron chi connectivity index (χ2n) is 2.69. The summed E-state index contributed by atoms with van der Waals surface area (Å²) < 4.78 is 0. The van der Waals surface area contributed by atoms with Gasteiger partial charge in [-0.2, -0.15) is 0 Å². The zero-order valence-corrected chi connectivity index (χ0v) is 7.61. The fourth-order valence-corrected chi connectivity index (χ4v) is 0.809. The molecule has 0 saturated heterocycles. The summed E-state index contributed by atoms with van der Waals surface area (Å²) in [5.41, 5.74) is 0. The maximum atomic E-state index is 8.96. The van der Waals surface area contributed by atoms with Crippen LogP contribution in [0.15, 0.2) is 24.3 Å². The van der Waals surface area contributed by atoms with E-state index in [1.807, 2.05) is 19.1 Å². The van der Waals surface area contributed by atoms with Crippen LogP contribution in [0.3, 0.4) is 0 Å². The van der Waals surface area contributed by atoms with Crippen molar-refractivity contribution < 1.29 is 10.2 Å². The third kappa shape index (κ3) is 7.51. The third-order valence-electron chi connectivity index (χ3n) is 1.55. The van der Waals surface area contributed by atoms with E-state index in [2.05, 4.69) is 12.2 Å². The van der Waals surface area contributed by atoms with E-state index in [1.165, 1.54) is 0 Å². The van der Waals surface area contributed by atoms with Crippen molar-refractivity contribution in [2.75, 3.05) is 6.61 Å². The van der Waals surface area contributed by atoms with Crippen molar-refractivity contribution >= 4 is 0 Å². The van der Waals surface area contributed by atoms with Crippen LogP contribution in [0.1, 0.15) is 26.2 Å². The van der Waals surface area contributed by atoms with Crippen LogP contribution in [0, 0.1) is 0 Å². The lowest BCUT2D eigenvalue weighted by Crippen LogP contribution is -2.10. The van der Waals surface area contributed by atoms with Gasteiger partial charge >= 0.3 is 0 Å². The Bertz CT molecular complexity index is 139. The highest BCUT2D eigenvalue weighted by Gasteiger charge is 1.97. The van der Waals surface area contributed by atoms with E-state index in [9.17, 15) is 0 Å². The number of aliphatic hydroxyl groups is 2. The highest BCUT2D eigenvalue weighted by atomic mass is 16.3. The van der Waals surface area contributed by atoms with E-state index in [0.717, 1.165) is 12.8 Å². The molecule has 0 fully saturated rings. The van der Waals surface area contributed by atoms with Crippen LogP contribution in [0.2, 0.25) is 0 Å². The summed E-state index contributed by atoms with van der Waals surface area (Å²) in [5, 5.41) is 17.5. The second-order valence-corrected chi connectivity index (χ2v) is 2.69. The standard InChI is InChI=1S/C10H18O2/c1-2-3-4-5-6-7-8-10(12)9-11/h2-3,5-6,10-12H,4,7-9H2,1H3. The van der Waals surface area contributed by atoms with E-state index in [4.69, 9.17) is 10.2 Å². The normalized spacial score (nSPS) is 14.6. The Balaban J connectivity index is 3.24. The fraction of sp³-hybridized carbons (Fsp3) is 0.600. The molecule has 2 heteroatoms. The van der Waals surface area contributed by atoms with E-state index >= 15 is 0 Å². The molecular formula is C10H18O2. The molecule has 0 spiro atoms. The summed E-state index contributed by atoms with van der Waals surface area (Å²) in [5.74, 6) is 0. The van der Waals surface area contributed by atoms with Gasteiger partial charge in [0.25, 0.3) is 0 Å². The summed E-state index contributed by atoms with van der Waals surface area (Å²) in [6, 6.07) is 0. The molecule has 0 saturated carbocycles. The van der Waals surface area contributed by atoms with Gasteiger partial charge in [-0.1, -0.05) is 24.3 Å². The average molecular weight is 170 g/mol. The summed E-state index contributed by atoms with van der Waals surface area (Å²) in [6.07, 6.45) is 10.0. The molecule has 1 atom stereocenters. The first-order valence-electron chi connectivity index (χ1n) is 4.36. The summed E-state index contributed by atoms with van der Waals surface area (Å²) in [6.45, 7) is 1.85. The van der Waals surface area contributed by atoms with Gasteiger partial charge < -0.3 is 10.2 Å². The Morgan fingerprint density at radius 3 is 2.58 bits per heavy atom. The Kier molecular flexibility index (Phi) is 8.07. The average Bonchev–Trinajstić information content (AvgIpc) is 2.10. The van der Waals surface area contributed by atoms with Gasteiger partial charge in [0.2, 0.25) is 0 Å². The van der Waals surface area contributed by atoms with Gasteiger partial charge in [0.15, 0.2) is 0 Å². The summed E-state index contributed by atoms with van der Waals surface area (Å²) in [4.78, 5) is 0. The highest BCUT2D eigenvalue weighted by Crippen LogP contribution is 1.98. The van der Waals surface area contributed by atoms with Crippen molar-refractivity contribution in [3.63, 3.8) is 0 Å². The monoisotopic (exact) mass is 170 g/mol. The molecule has 0 bridgehead atoms. The lowest BCUT2D eigenvalue weighted by molar-refractivity contribution is 0.0891. The number of hydrogen-bond acceptors (Lipinski definition) is 2. The Hall–Kier alpha value is -0.600. The lowest BCUT2D eigenvalue weighted by atomic mass is 10.2. The third-order valence-corrected chi connectivity index (χ3v) is 1.55. The Labute approximate surface area is 74.2 Å². The van der Waals surface area contributed by atoms with Gasteiger partial charge in [-0.3, -0.25) is 0 Å². The van der Waals surface area contributed by atoms with Gasteiger partial charge in [-0.15, -0.1) is 0 Å². The zero-order chi connectivity index (χ0) is 9.23. The van der Waals surface area contributed by atoms with Crippen molar-refractivity contribution in [1.29, 1.82) is 0 Å². The van der Waals surface area contributed by atoms with Crippen molar-refractivity contribution in [3.8, 4) is 0 Å². The zero-order valence-electron chi connectivity index (χ0n) is 7.61. The molecule has 0 aromatic carbocycles. The summed E-state index contributed by atoms with van der Waals surface area (Å²) in [7, 11) is 0. The fourth-order valence-electron chi connectivity index (χ4n) is 0.809. The molecule has 0 aliphatic carbocycles. The van der Waals surface area contributed by atoms with Crippen LogP contribution in [0.25, 0.3) is 0 Å². The van der Waals surface area contributed by atoms with Gasteiger partial charge in [0.1, 0.15) is 0 Å². The van der Waals surface area contributed by atoms with Crippen molar-refractivity contribution in [1.82, 2.24) is 0 Å². The van der Waals surface area contributed by atoms with Gasteiger partial charge in [0.05, 0.1) is 12.7 Å². The molecule has 0 heterocycles. The van der Waals surface area contributed by atoms with Gasteiger partial charge in [0, 0.05) is 0 Å². The Morgan fingerprint density at radius 2 is 2.00 bits per heavy atom. The van der Waals surface area contributed by atoms with Crippen LogP contribution in [-0.2, 0) is 0 Å². The highest BCUT2D eigenvalue weighted by molar-refractivity contribution is 4.91. The molecule has 1 unspecified atom stereocenters.